The first-order chi connectivity index (χ1) is 12.5. The molecular weight excluding hydrogens is 349 g/mol. The first kappa shape index (κ1) is 18.3. The summed E-state index contributed by atoms with van der Waals surface area (Å²) in [5.74, 6) is 1.30. The summed E-state index contributed by atoms with van der Waals surface area (Å²) >= 11 is 1.58. The summed E-state index contributed by atoms with van der Waals surface area (Å²) < 4.78 is 14.9. The van der Waals surface area contributed by atoms with E-state index in [1.807, 2.05) is 23.7 Å². The van der Waals surface area contributed by atoms with Gasteiger partial charge in [-0.25, -0.2) is 4.39 Å². The van der Waals surface area contributed by atoms with Crippen LogP contribution in [0.1, 0.15) is 28.8 Å². The number of Topliss-reactive ketones (excluding diaryl/α,β-unsaturated/α-hetero) is 1. The van der Waals surface area contributed by atoms with Crippen LogP contribution in [0.25, 0.3) is 11.4 Å². The molecule has 0 bridgehead atoms. The molecule has 0 amide bonds. The van der Waals surface area contributed by atoms with Gasteiger partial charge in [0.25, 0.3) is 0 Å². The summed E-state index contributed by atoms with van der Waals surface area (Å²) in [6.45, 7) is 2.05. The molecule has 3 aromatic rings. The Labute approximate surface area is 156 Å². The van der Waals surface area contributed by atoms with E-state index in [2.05, 4.69) is 29.3 Å². The Morgan fingerprint density at radius 3 is 2.46 bits per heavy atom. The van der Waals surface area contributed by atoms with Crippen molar-refractivity contribution in [1.82, 2.24) is 14.8 Å². The van der Waals surface area contributed by atoms with Gasteiger partial charge in [-0.2, -0.15) is 0 Å². The number of hydrogen-bond acceptors (Lipinski definition) is 4. The number of carbonyl (C=O) groups excluding carboxylic acids is 1. The third kappa shape index (κ3) is 4.38. The van der Waals surface area contributed by atoms with Crippen molar-refractivity contribution >= 4 is 17.5 Å². The first-order valence-corrected chi connectivity index (χ1v) is 9.41. The van der Waals surface area contributed by atoms with Gasteiger partial charge in [0.05, 0.1) is 0 Å². The Morgan fingerprint density at radius 2 is 1.77 bits per heavy atom. The van der Waals surface area contributed by atoms with E-state index in [0.29, 0.717) is 12.0 Å². The molecule has 0 spiro atoms. The molecule has 0 fully saturated rings. The van der Waals surface area contributed by atoms with Gasteiger partial charge in [0.2, 0.25) is 0 Å². The summed E-state index contributed by atoms with van der Waals surface area (Å²) in [7, 11) is 1.95. The first-order valence-electron chi connectivity index (χ1n) is 8.42. The predicted octanol–water partition coefficient (Wildman–Crippen LogP) is 4.68. The quantitative estimate of drug-likeness (QED) is 0.344. The van der Waals surface area contributed by atoms with Gasteiger partial charge in [0.15, 0.2) is 16.8 Å². The van der Waals surface area contributed by atoms with Crippen molar-refractivity contribution in [3.05, 3.63) is 65.5 Å². The van der Waals surface area contributed by atoms with Gasteiger partial charge in [0, 0.05) is 30.3 Å². The van der Waals surface area contributed by atoms with Gasteiger partial charge < -0.3 is 4.57 Å². The van der Waals surface area contributed by atoms with Crippen LogP contribution < -0.4 is 0 Å². The average Bonchev–Trinajstić information content (AvgIpc) is 3.00. The molecule has 0 atom stereocenters. The van der Waals surface area contributed by atoms with E-state index in [1.54, 1.807) is 11.8 Å². The molecule has 3 rings (SSSR count). The summed E-state index contributed by atoms with van der Waals surface area (Å²) in [5, 5.41) is 9.35. The molecule has 0 aliphatic carbocycles. The number of carbonyl (C=O) groups is 1. The van der Waals surface area contributed by atoms with E-state index >= 15 is 0 Å². The molecule has 0 N–H and O–H groups in total. The number of nitrogens with zero attached hydrogens (tertiary/aromatic N) is 3. The van der Waals surface area contributed by atoms with Crippen molar-refractivity contribution in [3.63, 3.8) is 0 Å². The molecular formula is C20H20FN3OS. The Bertz CT molecular complexity index is 888. The zero-order valence-corrected chi connectivity index (χ0v) is 15.6. The maximum Gasteiger partial charge on any atom is 0.191 e. The molecule has 6 heteroatoms. The summed E-state index contributed by atoms with van der Waals surface area (Å²) in [6, 6.07) is 13.9. The predicted molar refractivity (Wildman–Crippen MR) is 102 cm³/mol. The largest absolute Gasteiger partial charge is 0.305 e. The number of ketones is 1. The normalized spacial score (nSPS) is 10.9. The lowest BCUT2D eigenvalue weighted by molar-refractivity contribution is 0.0982. The van der Waals surface area contributed by atoms with E-state index in [1.165, 1.54) is 29.8 Å². The smallest absolute Gasteiger partial charge is 0.191 e. The summed E-state index contributed by atoms with van der Waals surface area (Å²) in [6.07, 6.45) is 1.16. The highest BCUT2D eigenvalue weighted by Crippen LogP contribution is 2.23. The molecule has 0 saturated carbocycles. The highest BCUT2D eigenvalue weighted by Gasteiger charge is 2.12. The lowest BCUT2D eigenvalue weighted by Gasteiger charge is -2.04. The van der Waals surface area contributed by atoms with Crippen LogP contribution in [0.15, 0.2) is 53.7 Å². The van der Waals surface area contributed by atoms with Crippen molar-refractivity contribution in [2.24, 2.45) is 7.05 Å². The second-order valence-electron chi connectivity index (χ2n) is 6.11. The molecule has 0 aliphatic rings. The molecule has 0 aliphatic heterocycles. The number of hydrogen-bond donors (Lipinski definition) is 0. The van der Waals surface area contributed by atoms with Gasteiger partial charge in [-0.1, -0.05) is 41.6 Å². The van der Waals surface area contributed by atoms with E-state index < -0.39 is 0 Å². The van der Waals surface area contributed by atoms with Crippen LogP contribution in [0, 0.1) is 12.7 Å². The van der Waals surface area contributed by atoms with Crippen molar-refractivity contribution in [2.45, 2.75) is 24.9 Å². The molecule has 1 heterocycles. The molecule has 0 radical (unpaired) electrons. The van der Waals surface area contributed by atoms with Crippen molar-refractivity contribution in [3.8, 4) is 11.4 Å². The van der Waals surface area contributed by atoms with Gasteiger partial charge in [-0.05, 0) is 37.6 Å². The van der Waals surface area contributed by atoms with Crippen molar-refractivity contribution in [2.75, 3.05) is 5.75 Å². The third-order valence-corrected chi connectivity index (χ3v) is 5.20. The SMILES string of the molecule is Cc1ccc(-c2nnc(SCCCC(=O)c3ccc(F)cc3)n2C)cc1. The maximum atomic E-state index is 12.9. The van der Waals surface area contributed by atoms with E-state index in [9.17, 15) is 9.18 Å². The van der Waals surface area contributed by atoms with Crippen LogP contribution in [0.4, 0.5) is 4.39 Å². The topological polar surface area (TPSA) is 47.8 Å². The van der Waals surface area contributed by atoms with Crippen molar-refractivity contribution < 1.29 is 9.18 Å². The fourth-order valence-corrected chi connectivity index (χ4v) is 3.42. The number of thioether (sulfide) groups is 1. The fourth-order valence-electron chi connectivity index (χ4n) is 2.57. The highest BCUT2D eigenvalue weighted by molar-refractivity contribution is 7.99. The summed E-state index contributed by atoms with van der Waals surface area (Å²) in [5.41, 5.74) is 2.79. The van der Waals surface area contributed by atoms with Crippen LogP contribution in [-0.2, 0) is 7.05 Å². The van der Waals surface area contributed by atoms with Crippen molar-refractivity contribution in [1.29, 1.82) is 0 Å². The van der Waals surface area contributed by atoms with Crippen LogP contribution in [0.3, 0.4) is 0 Å². The Hall–Kier alpha value is -2.47. The number of rotatable bonds is 7. The third-order valence-electron chi connectivity index (χ3n) is 4.09. The molecule has 1 aromatic heterocycles. The zero-order valence-electron chi connectivity index (χ0n) is 14.8. The van der Waals surface area contributed by atoms with Crippen LogP contribution in [0.5, 0.6) is 0 Å². The second kappa shape index (κ2) is 8.27. The number of aromatic nitrogens is 3. The second-order valence-corrected chi connectivity index (χ2v) is 7.18. The molecule has 26 heavy (non-hydrogen) atoms. The average molecular weight is 369 g/mol. The van der Waals surface area contributed by atoms with Gasteiger partial charge in [0.1, 0.15) is 5.82 Å². The molecule has 0 saturated heterocycles. The highest BCUT2D eigenvalue weighted by atomic mass is 32.2. The van der Waals surface area contributed by atoms with Gasteiger partial charge in [-0.3, -0.25) is 4.79 Å². The Balaban J connectivity index is 1.53. The number of benzene rings is 2. The number of aryl methyl sites for hydroxylation is 1. The molecule has 2 aromatic carbocycles. The minimum Gasteiger partial charge on any atom is -0.305 e. The molecule has 0 unspecified atom stereocenters. The van der Waals surface area contributed by atoms with Gasteiger partial charge >= 0.3 is 0 Å². The van der Waals surface area contributed by atoms with Crippen LogP contribution >= 0.6 is 11.8 Å². The summed E-state index contributed by atoms with van der Waals surface area (Å²) in [4.78, 5) is 12.1. The molecule has 134 valence electrons. The number of halogens is 1. The van der Waals surface area contributed by atoms with Gasteiger partial charge in [-0.15, -0.1) is 10.2 Å². The molecule has 4 nitrogen and oxygen atoms in total. The fraction of sp³-hybridized carbons (Fsp3) is 0.250. The minimum atomic E-state index is -0.330. The Kier molecular flexibility index (Phi) is 5.83. The zero-order chi connectivity index (χ0) is 18.5. The van der Waals surface area contributed by atoms with E-state index in [0.717, 1.165) is 28.7 Å². The maximum absolute atomic E-state index is 12.9. The van der Waals surface area contributed by atoms with Crippen LogP contribution in [-0.4, -0.2) is 26.3 Å². The minimum absolute atomic E-state index is 0.0314. The monoisotopic (exact) mass is 369 g/mol. The van der Waals surface area contributed by atoms with E-state index in [4.69, 9.17) is 0 Å². The lowest BCUT2D eigenvalue weighted by Crippen LogP contribution is -2.00. The van der Waals surface area contributed by atoms with Crippen LogP contribution in [0.2, 0.25) is 0 Å². The van der Waals surface area contributed by atoms with E-state index in [-0.39, 0.29) is 11.6 Å². The standard InChI is InChI=1S/C20H20FN3OS/c1-14-5-7-16(8-6-14)19-22-23-20(24(19)2)26-13-3-4-18(25)15-9-11-17(21)12-10-15/h5-12H,3-4,13H2,1-2H3. The lowest BCUT2D eigenvalue weighted by atomic mass is 10.1. The Morgan fingerprint density at radius 1 is 1.08 bits per heavy atom.